The van der Waals surface area contributed by atoms with Crippen molar-refractivity contribution in [2.24, 2.45) is 0 Å². The van der Waals surface area contributed by atoms with Crippen LogP contribution in [-0.2, 0) is 11.2 Å². The van der Waals surface area contributed by atoms with Crippen LogP contribution in [0.25, 0.3) is 0 Å². The Hall–Kier alpha value is -3.19. The zero-order valence-corrected chi connectivity index (χ0v) is 20.2. The van der Waals surface area contributed by atoms with Gasteiger partial charge in [-0.2, -0.15) is 0 Å². The zero-order valence-electron chi connectivity index (χ0n) is 20.2. The van der Waals surface area contributed by atoms with Crippen molar-refractivity contribution < 1.29 is 54.8 Å². The van der Waals surface area contributed by atoms with Crippen molar-refractivity contribution in [2.75, 3.05) is 6.61 Å². The molecule has 2 aromatic carbocycles. The van der Waals surface area contributed by atoms with Gasteiger partial charge in [-0.3, -0.25) is 4.79 Å². The van der Waals surface area contributed by atoms with E-state index >= 15 is 0 Å². The lowest BCUT2D eigenvalue weighted by Gasteiger charge is -2.40. The molecular formula is C26H30O11. The lowest BCUT2D eigenvalue weighted by molar-refractivity contribution is -0.277. The van der Waals surface area contributed by atoms with E-state index in [9.17, 15) is 40.5 Å². The van der Waals surface area contributed by atoms with Crippen LogP contribution in [0, 0.1) is 0 Å². The van der Waals surface area contributed by atoms with Crippen molar-refractivity contribution in [1.82, 2.24) is 0 Å². The van der Waals surface area contributed by atoms with Gasteiger partial charge in [0, 0.05) is 11.6 Å². The number of benzene rings is 2. The summed E-state index contributed by atoms with van der Waals surface area (Å²) in [6.45, 7) is 3.04. The van der Waals surface area contributed by atoms with Gasteiger partial charge in [0.2, 0.25) is 12.1 Å². The maximum atomic E-state index is 13.1. The Morgan fingerprint density at radius 2 is 1.70 bits per heavy atom. The Bertz CT molecular complexity index is 1170. The van der Waals surface area contributed by atoms with Crippen molar-refractivity contribution in [3.05, 3.63) is 58.7 Å². The molecule has 2 aliphatic rings. The summed E-state index contributed by atoms with van der Waals surface area (Å²) < 4.78 is 17.3. The molecule has 0 bridgehead atoms. The molecular weight excluding hydrogens is 488 g/mol. The van der Waals surface area contributed by atoms with E-state index in [-0.39, 0.29) is 34.8 Å². The van der Waals surface area contributed by atoms with E-state index in [0.29, 0.717) is 5.56 Å². The number of ketones is 1. The van der Waals surface area contributed by atoms with Crippen molar-refractivity contribution in [2.45, 2.75) is 63.2 Å². The van der Waals surface area contributed by atoms with Crippen LogP contribution in [0.3, 0.4) is 0 Å². The number of aliphatic hydroxyl groups is 5. The van der Waals surface area contributed by atoms with Crippen LogP contribution < -0.4 is 9.47 Å². The highest BCUT2D eigenvalue weighted by molar-refractivity contribution is 6.06. The average molecular weight is 519 g/mol. The monoisotopic (exact) mass is 518 g/mol. The highest BCUT2D eigenvalue weighted by Gasteiger charge is 2.46. The maximum Gasteiger partial charge on any atom is 0.229 e. The van der Waals surface area contributed by atoms with Crippen LogP contribution in [0.15, 0.2) is 42.0 Å². The van der Waals surface area contributed by atoms with E-state index < -0.39 is 61.1 Å². The number of fused-ring (bicyclic) bond motifs is 1. The van der Waals surface area contributed by atoms with Gasteiger partial charge in [0.25, 0.3) is 0 Å². The minimum absolute atomic E-state index is 0.0158. The number of carbonyl (C=O) groups is 1. The van der Waals surface area contributed by atoms with E-state index in [1.807, 2.05) is 13.8 Å². The summed E-state index contributed by atoms with van der Waals surface area (Å²) in [5, 5.41) is 71.2. The summed E-state index contributed by atoms with van der Waals surface area (Å²) in [5.74, 6) is -1.45. The second-order valence-electron chi connectivity index (χ2n) is 9.32. The maximum absolute atomic E-state index is 13.1. The number of rotatable bonds is 6. The first-order valence-corrected chi connectivity index (χ1v) is 11.7. The molecule has 11 heteroatoms. The number of aliphatic hydroxyl groups excluding tert-OH is 5. The molecule has 2 heterocycles. The fourth-order valence-electron chi connectivity index (χ4n) is 4.32. The number of hydrogen-bond acceptors (Lipinski definition) is 11. The van der Waals surface area contributed by atoms with Crippen LogP contribution in [0.4, 0.5) is 0 Å². The van der Waals surface area contributed by atoms with Gasteiger partial charge in [-0.05, 0) is 38.0 Å². The molecule has 0 aliphatic carbocycles. The summed E-state index contributed by atoms with van der Waals surface area (Å²) in [6, 6.07) is 6.86. The molecule has 0 aromatic heterocycles. The molecule has 1 saturated heterocycles. The molecule has 0 spiro atoms. The van der Waals surface area contributed by atoms with Crippen LogP contribution in [-0.4, -0.2) is 84.9 Å². The number of hydrogen-bond donors (Lipinski definition) is 7. The lowest BCUT2D eigenvalue weighted by Crippen LogP contribution is -2.60. The Morgan fingerprint density at radius 1 is 1.03 bits per heavy atom. The molecule has 1 fully saturated rings. The van der Waals surface area contributed by atoms with Crippen LogP contribution in [0.2, 0.25) is 0 Å². The molecule has 200 valence electrons. The van der Waals surface area contributed by atoms with Gasteiger partial charge in [0.05, 0.1) is 6.61 Å². The van der Waals surface area contributed by atoms with E-state index in [4.69, 9.17) is 14.2 Å². The second-order valence-corrected chi connectivity index (χ2v) is 9.32. The van der Waals surface area contributed by atoms with Gasteiger partial charge in [-0.1, -0.05) is 23.8 Å². The van der Waals surface area contributed by atoms with E-state index in [2.05, 4.69) is 0 Å². The molecule has 2 aromatic rings. The van der Waals surface area contributed by atoms with Gasteiger partial charge in [0.1, 0.15) is 53.0 Å². The molecule has 0 unspecified atom stereocenters. The standard InChI is InChI=1S/C26H30O11/c1-11(2)3-8-14-16(35-26-23(34)21(32)19(30)17(10-27)36-26)9-15(29)18-20(31)22(33)24(37-25(14)18)12-4-6-13(28)7-5-12/h3-7,9,17,19,21-24,26-30,32-34H,8,10H2,1-2H3/t17-,19-,21+,22+,23-,24-,26-/m0/s1. The lowest BCUT2D eigenvalue weighted by atomic mass is 9.90. The highest BCUT2D eigenvalue weighted by Crippen LogP contribution is 2.46. The molecule has 0 amide bonds. The molecule has 37 heavy (non-hydrogen) atoms. The van der Waals surface area contributed by atoms with Crippen molar-refractivity contribution in [3.8, 4) is 23.0 Å². The molecule has 0 saturated carbocycles. The Labute approximate surface area is 212 Å². The average Bonchev–Trinajstić information content (AvgIpc) is 2.86. The number of aromatic hydroxyl groups is 2. The summed E-state index contributed by atoms with van der Waals surface area (Å²) in [5.41, 5.74) is 1.35. The minimum atomic E-state index is -1.71. The first-order chi connectivity index (χ1) is 17.5. The van der Waals surface area contributed by atoms with E-state index in [1.165, 1.54) is 24.3 Å². The third kappa shape index (κ3) is 5.14. The summed E-state index contributed by atoms with van der Waals surface area (Å²) in [7, 11) is 0. The fraction of sp³-hybridized carbons (Fsp3) is 0.423. The fourth-order valence-corrected chi connectivity index (χ4v) is 4.32. The first-order valence-electron chi connectivity index (χ1n) is 11.7. The second kappa shape index (κ2) is 10.7. The quantitative estimate of drug-likeness (QED) is 0.263. The molecule has 7 N–H and O–H groups in total. The Balaban J connectivity index is 1.79. The molecule has 2 aliphatic heterocycles. The Kier molecular flexibility index (Phi) is 7.74. The van der Waals surface area contributed by atoms with Crippen LogP contribution in [0.5, 0.6) is 23.0 Å². The number of allylic oxidation sites excluding steroid dienone is 2. The minimum Gasteiger partial charge on any atom is -0.508 e. The number of Topliss-reactive ketones (excluding diaryl/α,β-unsaturated/α-hetero) is 1. The van der Waals surface area contributed by atoms with E-state index in [1.54, 1.807) is 6.08 Å². The summed E-state index contributed by atoms with van der Waals surface area (Å²) >= 11 is 0. The van der Waals surface area contributed by atoms with Crippen molar-refractivity contribution in [3.63, 3.8) is 0 Å². The zero-order chi connectivity index (χ0) is 27.0. The largest absolute Gasteiger partial charge is 0.508 e. The van der Waals surface area contributed by atoms with Crippen molar-refractivity contribution >= 4 is 5.78 Å². The van der Waals surface area contributed by atoms with E-state index in [0.717, 1.165) is 11.6 Å². The van der Waals surface area contributed by atoms with Gasteiger partial charge in [-0.15, -0.1) is 0 Å². The predicted molar refractivity (Wildman–Crippen MR) is 127 cm³/mol. The highest BCUT2D eigenvalue weighted by atomic mass is 16.7. The Morgan fingerprint density at radius 3 is 2.32 bits per heavy atom. The third-order valence-corrected chi connectivity index (χ3v) is 6.40. The third-order valence-electron chi connectivity index (χ3n) is 6.40. The topological polar surface area (TPSA) is 186 Å². The number of carbonyl (C=O) groups excluding carboxylic acids is 1. The van der Waals surface area contributed by atoms with Gasteiger partial charge < -0.3 is 50.0 Å². The molecule has 0 radical (unpaired) electrons. The van der Waals surface area contributed by atoms with Gasteiger partial charge in [-0.25, -0.2) is 0 Å². The molecule has 7 atom stereocenters. The number of phenols is 2. The summed E-state index contributed by atoms with van der Waals surface area (Å²) in [4.78, 5) is 13.1. The first kappa shape index (κ1) is 26.9. The molecule has 4 rings (SSSR count). The smallest absolute Gasteiger partial charge is 0.229 e. The normalized spacial score (nSPS) is 29.3. The molecule has 11 nitrogen and oxygen atoms in total. The van der Waals surface area contributed by atoms with Gasteiger partial charge >= 0.3 is 0 Å². The van der Waals surface area contributed by atoms with Crippen LogP contribution in [0.1, 0.15) is 41.4 Å². The SMILES string of the molecule is CC(C)=CCc1c(O[C@H]2O[C@@H](CO)[C@H](O)[C@@H](O)[C@@H]2O)cc(O)c2c1O[C@@H](c1ccc(O)cc1)[C@H](O)C2=O. The summed E-state index contributed by atoms with van der Waals surface area (Å²) in [6.07, 6.45) is -8.58. The number of ether oxygens (including phenoxy) is 3. The predicted octanol–water partition coefficient (Wildman–Crippen LogP) is 0.462. The van der Waals surface area contributed by atoms with Crippen LogP contribution >= 0.6 is 0 Å². The van der Waals surface area contributed by atoms with Crippen molar-refractivity contribution in [1.29, 1.82) is 0 Å². The number of phenolic OH excluding ortho intramolecular Hbond substituents is 2. The van der Waals surface area contributed by atoms with Gasteiger partial charge in [0.15, 0.2) is 12.2 Å².